The highest BCUT2D eigenvalue weighted by atomic mass is 79.9. The van der Waals surface area contributed by atoms with Crippen molar-refractivity contribution in [1.82, 2.24) is 9.88 Å². The molecule has 0 aromatic carbocycles. The van der Waals surface area contributed by atoms with Gasteiger partial charge in [0.15, 0.2) is 0 Å². The fourth-order valence-electron chi connectivity index (χ4n) is 1.97. The summed E-state index contributed by atoms with van der Waals surface area (Å²) < 4.78 is 0.841. The number of aromatic nitrogens is 1. The molecule has 0 atom stereocenters. The summed E-state index contributed by atoms with van der Waals surface area (Å²) in [6, 6.07) is 3.25. The van der Waals surface area contributed by atoms with Crippen LogP contribution in [-0.4, -0.2) is 40.1 Å². The number of pyridine rings is 1. The number of urea groups is 1. The Labute approximate surface area is 118 Å². The molecule has 2 N–H and O–H groups in total. The van der Waals surface area contributed by atoms with Crippen molar-refractivity contribution in [1.29, 1.82) is 0 Å². The van der Waals surface area contributed by atoms with Gasteiger partial charge in [0.1, 0.15) is 5.82 Å². The SMILES string of the molecule is O=C(O)C1CCN(C(=O)Nc2ccc(Br)cn2)CC1. The molecule has 0 radical (unpaired) electrons. The molecule has 0 aliphatic carbocycles. The van der Waals surface area contributed by atoms with Gasteiger partial charge in [-0.05, 0) is 40.9 Å². The molecule has 102 valence electrons. The normalized spacial score (nSPS) is 16.2. The van der Waals surface area contributed by atoms with E-state index in [4.69, 9.17) is 5.11 Å². The number of carbonyl (C=O) groups excluding carboxylic acids is 1. The van der Waals surface area contributed by atoms with Crippen molar-refractivity contribution in [2.45, 2.75) is 12.8 Å². The van der Waals surface area contributed by atoms with Crippen molar-refractivity contribution < 1.29 is 14.7 Å². The Morgan fingerprint density at radius 3 is 2.58 bits per heavy atom. The van der Waals surface area contributed by atoms with Crippen molar-refractivity contribution >= 4 is 33.7 Å². The van der Waals surface area contributed by atoms with Gasteiger partial charge in [0, 0.05) is 23.8 Å². The topological polar surface area (TPSA) is 82.5 Å². The van der Waals surface area contributed by atoms with Crippen LogP contribution in [0.3, 0.4) is 0 Å². The highest BCUT2D eigenvalue weighted by molar-refractivity contribution is 9.10. The maximum absolute atomic E-state index is 11.9. The molecule has 19 heavy (non-hydrogen) atoms. The Morgan fingerprint density at radius 2 is 2.05 bits per heavy atom. The number of anilines is 1. The third-order valence-corrected chi connectivity index (χ3v) is 3.56. The number of likely N-dealkylation sites (tertiary alicyclic amines) is 1. The fraction of sp³-hybridized carbons (Fsp3) is 0.417. The minimum Gasteiger partial charge on any atom is -0.481 e. The second kappa shape index (κ2) is 6.01. The van der Waals surface area contributed by atoms with Gasteiger partial charge in [-0.25, -0.2) is 9.78 Å². The van der Waals surface area contributed by atoms with Gasteiger partial charge in [-0.3, -0.25) is 10.1 Å². The molecule has 0 saturated carbocycles. The number of carboxylic acids is 1. The Hall–Kier alpha value is -1.63. The van der Waals surface area contributed by atoms with Crippen LogP contribution in [0.2, 0.25) is 0 Å². The predicted molar refractivity (Wildman–Crippen MR) is 72.9 cm³/mol. The number of amides is 2. The third kappa shape index (κ3) is 3.66. The highest BCUT2D eigenvalue weighted by Gasteiger charge is 2.26. The maximum Gasteiger partial charge on any atom is 0.323 e. The van der Waals surface area contributed by atoms with E-state index < -0.39 is 5.97 Å². The molecular formula is C12H14BrN3O3. The van der Waals surface area contributed by atoms with Crippen LogP contribution in [0, 0.1) is 5.92 Å². The van der Waals surface area contributed by atoms with Crippen LogP contribution in [0.15, 0.2) is 22.8 Å². The van der Waals surface area contributed by atoms with E-state index in [1.54, 1.807) is 23.2 Å². The van der Waals surface area contributed by atoms with Gasteiger partial charge in [-0.15, -0.1) is 0 Å². The number of hydrogen-bond acceptors (Lipinski definition) is 3. The number of carboxylic acid groups (broad SMARTS) is 1. The van der Waals surface area contributed by atoms with E-state index in [2.05, 4.69) is 26.2 Å². The molecule has 0 spiro atoms. The van der Waals surface area contributed by atoms with Crippen LogP contribution < -0.4 is 5.32 Å². The zero-order valence-corrected chi connectivity index (χ0v) is 11.8. The first kappa shape index (κ1) is 13.8. The van der Waals surface area contributed by atoms with Crippen LogP contribution in [0.25, 0.3) is 0 Å². The summed E-state index contributed by atoms with van der Waals surface area (Å²) in [6.45, 7) is 0.915. The van der Waals surface area contributed by atoms with Crippen molar-refractivity contribution in [3.8, 4) is 0 Å². The highest BCUT2D eigenvalue weighted by Crippen LogP contribution is 2.18. The summed E-state index contributed by atoms with van der Waals surface area (Å²) in [6.07, 6.45) is 2.60. The number of rotatable bonds is 2. The first-order valence-corrected chi connectivity index (χ1v) is 6.76. The van der Waals surface area contributed by atoms with E-state index in [1.165, 1.54) is 0 Å². The lowest BCUT2D eigenvalue weighted by Gasteiger charge is -2.29. The van der Waals surface area contributed by atoms with Crippen LogP contribution in [-0.2, 0) is 4.79 Å². The van der Waals surface area contributed by atoms with E-state index >= 15 is 0 Å². The van der Waals surface area contributed by atoms with Crippen LogP contribution in [0.5, 0.6) is 0 Å². The molecule has 1 fully saturated rings. The average molecular weight is 328 g/mol. The van der Waals surface area contributed by atoms with Gasteiger partial charge >= 0.3 is 12.0 Å². The maximum atomic E-state index is 11.9. The average Bonchev–Trinajstić information content (AvgIpc) is 2.41. The van der Waals surface area contributed by atoms with Gasteiger partial charge in [-0.2, -0.15) is 0 Å². The van der Waals surface area contributed by atoms with E-state index in [9.17, 15) is 9.59 Å². The van der Waals surface area contributed by atoms with Crippen molar-refractivity contribution in [3.63, 3.8) is 0 Å². The molecular weight excluding hydrogens is 314 g/mol. The number of piperidine rings is 1. The summed E-state index contributed by atoms with van der Waals surface area (Å²) in [5, 5.41) is 11.6. The molecule has 0 bridgehead atoms. The zero-order chi connectivity index (χ0) is 13.8. The Balaban J connectivity index is 1.88. The van der Waals surface area contributed by atoms with Gasteiger partial charge in [0.25, 0.3) is 0 Å². The van der Waals surface area contributed by atoms with Crippen molar-refractivity contribution in [2.75, 3.05) is 18.4 Å². The van der Waals surface area contributed by atoms with Crippen LogP contribution in [0.1, 0.15) is 12.8 Å². The molecule has 2 rings (SSSR count). The number of hydrogen-bond donors (Lipinski definition) is 2. The predicted octanol–water partition coefficient (Wildman–Crippen LogP) is 2.17. The second-order valence-corrected chi connectivity index (χ2v) is 5.31. The summed E-state index contributed by atoms with van der Waals surface area (Å²) in [5.41, 5.74) is 0. The first-order valence-electron chi connectivity index (χ1n) is 5.96. The molecule has 7 heteroatoms. The van der Waals surface area contributed by atoms with Crippen LogP contribution in [0.4, 0.5) is 10.6 Å². The molecule has 1 aromatic heterocycles. The summed E-state index contributed by atoms with van der Waals surface area (Å²) in [4.78, 5) is 28.4. The molecule has 0 unspecified atom stereocenters. The largest absolute Gasteiger partial charge is 0.481 e. The summed E-state index contributed by atoms with van der Waals surface area (Å²) >= 11 is 3.27. The molecule has 2 heterocycles. The lowest BCUT2D eigenvalue weighted by molar-refractivity contribution is -0.143. The van der Waals surface area contributed by atoms with E-state index in [0.29, 0.717) is 31.7 Å². The van der Waals surface area contributed by atoms with Crippen molar-refractivity contribution in [3.05, 3.63) is 22.8 Å². The monoisotopic (exact) mass is 327 g/mol. The number of carbonyl (C=O) groups is 2. The van der Waals surface area contributed by atoms with Gasteiger partial charge in [0.05, 0.1) is 5.92 Å². The number of nitrogens with one attached hydrogen (secondary N) is 1. The van der Waals surface area contributed by atoms with Gasteiger partial charge in [0.2, 0.25) is 0 Å². The summed E-state index contributed by atoms with van der Waals surface area (Å²) in [7, 11) is 0. The Morgan fingerprint density at radius 1 is 1.37 bits per heavy atom. The minimum atomic E-state index is -0.783. The number of halogens is 1. The second-order valence-electron chi connectivity index (χ2n) is 4.39. The molecule has 1 saturated heterocycles. The third-order valence-electron chi connectivity index (χ3n) is 3.09. The summed E-state index contributed by atoms with van der Waals surface area (Å²) in [5.74, 6) is -0.641. The quantitative estimate of drug-likeness (QED) is 0.872. The van der Waals surface area contributed by atoms with Gasteiger partial charge in [-0.1, -0.05) is 0 Å². The Bertz CT molecular complexity index is 470. The lowest BCUT2D eigenvalue weighted by atomic mass is 9.97. The molecule has 2 amide bonds. The molecule has 1 aliphatic heterocycles. The van der Waals surface area contributed by atoms with Crippen LogP contribution >= 0.6 is 15.9 Å². The fourth-order valence-corrected chi connectivity index (χ4v) is 2.20. The van der Waals surface area contributed by atoms with E-state index in [1.807, 2.05) is 0 Å². The number of aliphatic carboxylic acids is 1. The smallest absolute Gasteiger partial charge is 0.323 e. The molecule has 1 aromatic rings. The molecule has 6 nitrogen and oxygen atoms in total. The minimum absolute atomic E-state index is 0.237. The first-order chi connectivity index (χ1) is 9.06. The Kier molecular flexibility index (Phi) is 4.36. The van der Waals surface area contributed by atoms with Crippen molar-refractivity contribution in [2.24, 2.45) is 5.92 Å². The standard InChI is InChI=1S/C12H14BrN3O3/c13-9-1-2-10(14-7-9)15-12(19)16-5-3-8(4-6-16)11(17)18/h1-2,7-8H,3-6H2,(H,17,18)(H,14,15,19). The van der Waals surface area contributed by atoms with Gasteiger partial charge < -0.3 is 10.0 Å². The van der Waals surface area contributed by atoms with E-state index in [-0.39, 0.29) is 11.9 Å². The zero-order valence-electron chi connectivity index (χ0n) is 10.2. The number of nitrogens with zero attached hydrogens (tertiary/aromatic N) is 2. The van der Waals surface area contributed by atoms with E-state index in [0.717, 1.165) is 4.47 Å². The molecule has 1 aliphatic rings. The lowest BCUT2D eigenvalue weighted by Crippen LogP contribution is -2.42.